The van der Waals surface area contributed by atoms with Gasteiger partial charge in [-0.25, -0.2) is 9.37 Å². The minimum Gasteiger partial charge on any atom is -0.452 e. The second kappa shape index (κ2) is 7.27. The van der Waals surface area contributed by atoms with E-state index < -0.39 is 11.9 Å². The van der Waals surface area contributed by atoms with Crippen molar-refractivity contribution in [2.45, 2.75) is 32.0 Å². The Morgan fingerprint density at radius 2 is 2.29 bits per heavy atom. The largest absolute Gasteiger partial charge is 0.452 e. The number of nitrogens with zero attached hydrogens (tertiary/aromatic N) is 2. The molecule has 1 fully saturated rings. The fourth-order valence-electron chi connectivity index (χ4n) is 2.46. The number of hydrogen-bond acceptors (Lipinski definition) is 5. The molecule has 1 atom stereocenters. The predicted octanol–water partition coefficient (Wildman–Crippen LogP) is 3.17. The van der Waals surface area contributed by atoms with Crippen LogP contribution in [0.4, 0.5) is 4.39 Å². The minimum atomic E-state index is -0.781. The second-order valence-electron chi connectivity index (χ2n) is 5.37. The summed E-state index contributed by atoms with van der Waals surface area (Å²) in [6, 6.07) is 4.04. The smallest absolute Gasteiger partial charge is 0.306 e. The van der Waals surface area contributed by atoms with Crippen LogP contribution in [0.3, 0.4) is 0 Å². The molecule has 2 aromatic rings. The van der Waals surface area contributed by atoms with Crippen LogP contribution in [0, 0.1) is 5.82 Å². The number of ether oxygens (including phenoxy) is 1. The summed E-state index contributed by atoms with van der Waals surface area (Å²) in [6.07, 6.45) is 1.47. The van der Waals surface area contributed by atoms with Crippen molar-refractivity contribution in [3.63, 3.8) is 0 Å². The molecule has 1 aliphatic rings. The van der Waals surface area contributed by atoms with Crippen LogP contribution in [-0.4, -0.2) is 27.9 Å². The third-order valence-electron chi connectivity index (χ3n) is 3.66. The van der Waals surface area contributed by atoms with Crippen LogP contribution in [0.15, 0.2) is 29.8 Å². The summed E-state index contributed by atoms with van der Waals surface area (Å²) in [5.41, 5.74) is 0.618. The van der Waals surface area contributed by atoms with Crippen molar-refractivity contribution >= 4 is 34.8 Å². The van der Waals surface area contributed by atoms with Crippen molar-refractivity contribution in [1.82, 2.24) is 9.88 Å². The minimum absolute atomic E-state index is 0.186. The summed E-state index contributed by atoms with van der Waals surface area (Å²) in [4.78, 5) is 29.7. The molecule has 5 nitrogen and oxygen atoms in total. The van der Waals surface area contributed by atoms with Crippen LogP contribution in [-0.2, 0) is 27.4 Å². The Morgan fingerprint density at radius 3 is 2.92 bits per heavy atom. The highest BCUT2D eigenvalue weighted by Gasteiger charge is 2.33. The molecule has 0 aliphatic carbocycles. The Bertz CT molecular complexity index is 754. The van der Waals surface area contributed by atoms with E-state index in [1.807, 2.05) is 5.38 Å². The molecule has 1 aromatic heterocycles. The Morgan fingerprint density at radius 1 is 1.46 bits per heavy atom. The van der Waals surface area contributed by atoms with Crippen LogP contribution in [0.1, 0.15) is 23.4 Å². The molecule has 1 amide bonds. The van der Waals surface area contributed by atoms with Gasteiger partial charge in [0.25, 0.3) is 5.91 Å². The fraction of sp³-hybridized carbons (Fsp3) is 0.312. The van der Waals surface area contributed by atoms with E-state index in [1.165, 1.54) is 28.4 Å². The summed E-state index contributed by atoms with van der Waals surface area (Å²) < 4.78 is 18.3. The van der Waals surface area contributed by atoms with E-state index in [4.69, 9.17) is 16.3 Å². The topological polar surface area (TPSA) is 59.5 Å². The van der Waals surface area contributed by atoms with Gasteiger partial charge in [0.15, 0.2) is 6.10 Å². The van der Waals surface area contributed by atoms with Gasteiger partial charge in [-0.2, -0.15) is 0 Å². The molecule has 0 N–H and O–H groups in total. The van der Waals surface area contributed by atoms with Gasteiger partial charge in [-0.3, -0.25) is 9.59 Å². The molecular formula is C16H14ClFN2O3S. The van der Waals surface area contributed by atoms with E-state index in [-0.39, 0.29) is 36.4 Å². The van der Waals surface area contributed by atoms with Gasteiger partial charge in [0.1, 0.15) is 10.8 Å². The van der Waals surface area contributed by atoms with Gasteiger partial charge in [-0.05, 0) is 17.7 Å². The van der Waals surface area contributed by atoms with E-state index in [2.05, 4.69) is 4.98 Å². The van der Waals surface area contributed by atoms with Crippen LogP contribution in [0.25, 0.3) is 0 Å². The van der Waals surface area contributed by atoms with Crippen LogP contribution in [0.5, 0.6) is 0 Å². The zero-order valence-electron chi connectivity index (χ0n) is 12.6. The van der Waals surface area contributed by atoms with Gasteiger partial charge >= 0.3 is 5.97 Å². The molecule has 1 aromatic carbocycles. The fourth-order valence-corrected chi connectivity index (χ4v) is 3.32. The molecular weight excluding hydrogens is 355 g/mol. The molecule has 1 saturated heterocycles. The van der Waals surface area contributed by atoms with Gasteiger partial charge in [0, 0.05) is 36.0 Å². The SMILES string of the molecule is O=C1CC[C@@H](C(=O)N(Cc2nccs2)Cc2ccc(F)cc2Cl)O1. The number of carbonyl (C=O) groups excluding carboxylic acids is 2. The number of thiazole rings is 1. The number of halogens is 2. The second-order valence-corrected chi connectivity index (χ2v) is 6.76. The van der Waals surface area contributed by atoms with Gasteiger partial charge < -0.3 is 9.64 Å². The first-order chi connectivity index (χ1) is 11.5. The number of carbonyl (C=O) groups is 2. The number of hydrogen-bond donors (Lipinski definition) is 0. The standard InChI is InChI=1S/C16H14ClFN2O3S/c17-12-7-11(18)2-1-10(12)8-20(9-14-19-5-6-24-14)16(22)13-3-4-15(21)23-13/h1-2,5-7,13H,3-4,8-9H2/t13-/m0/s1. The highest BCUT2D eigenvalue weighted by molar-refractivity contribution is 7.09. The zero-order chi connectivity index (χ0) is 17.1. The van der Waals surface area contributed by atoms with Crippen molar-refractivity contribution in [3.8, 4) is 0 Å². The van der Waals surface area contributed by atoms with E-state index in [0.717, 1.165) is 5.01 Å². The summed E-state index contributed by atoms with van der Waals surface area (Å²) in [6.45, 7) is 0.462. The van der Waals surface area contributed by atoms with E-state index >= 15 is 0 Å². The monoisotopic (exact) mass is 368 g/mol. The molecule has 0 bridgehead atoms. The average molecular weight is 369 g/mol. The summed E-state index contributed by atoms with van der Waals surface area (Å²) in [5, 5.41) is 2.82. The number of rotatable bonds is 5. The first-order valence-electron chi connectivity index (χ1n) is 7.33. The van der Waals surface area contributed by atoms with Crippen molar-refractivity contribution < 1.29 is 18.7 Å². The quantitative estimate of drug-likeness (QED) is 0.760. The maximum atomic E-state index is 13.2. The Kier molecular flexibility index (Phi) is 5.11. The molecule has 1 aliphatic heterocycles. The van der Waals surface area contributed by atoms with Crippen LogP contribution >= 0.6 is 22.9 Å². The third-order valence-corrected chi connectivity index (χ3v) is 4.77. The molecule has 126 valence electrons. The van der Waals surface area contributed by atoms with Crippen molar-refractivity contribution in [3.05, 3.63) is 51.2 Å². The Labute approximate surface area is 147 Å². The van der Waals surface area contributed by atoms with Crippen molar-refractivity contribution in [2.75, 3.05) is 0 Å². The van der Waals surface area contributed by atoms with Crippen LogP contribution < -0.4 is 0 Å². The Balaban J connectivity index is 1.81. The Hall–Kier alpha value is -1.99. The van der Waals surface area contributed by atoms with Gasteiger partial charge in [-0.1, -0.05) is 17.7 Å². The normalized spacial score (nSPS) is 16.9. The van der Waals surface area contributed by atoms with E-state index in [0.29, 0.717) is 12.0 Å². The number of esters is 1. The van der Waals surface area contributed by atoms with Crippen LogP contribution in [0.2, 0.25) is 5.02 Å². The summed E-state index contributed by atoms with van der Waals surface area (Å²) in [7, 11) is 0. The maximum Gasteiger partial charge on any atom is 0.306 e. The summed E-state index contributed by atoms with van der Waals surface area (Å²) >= 11 is 7.49. The first-order valence-corrected chi connectivity index (χ1v) is 8.59. The highest BCUT2D eigenvalue weighted by atomic mass is 35.5. The van der Waals surface area contributed by atoms with E-state index in [1.54, 1.807) is 12.3 Å². The predicted molar refractivity (Wildman–Crippen MR) is 86.9 cm³/mol. The number of cyclic esters (lactones) is 1. The lowest BCUT2D eigenvalue weighted by Crippen LogP contribution is -2.38. The molecule has 2 heterocycles. The molecule has 3 rings (SSSR count). The lowest BCUT2D eigenvalue weighted by Gasteiger charge is -2.24. The molecule has 0 unspecified atom stereocenters. The maximum absolute atomic E-state index is 13.2. The number of aromatic nitrogens is 1. The van der Waals surface area contributed by atoms with E-state index in [9.17, 15) is 14.0 Å². The lowest BCUT2D eigenvalue weighted by molar-refractivity contribution is -0.153. The number of benzene rings is 1. The molecule has 0 saturated carbocycles. The van der Waals surface area contributed by atoms with Gasteiger partial charge in [-0.15, -0.1) is 11.3 Å². The number of amides is 1. The lowest BCUT2D eigenvalue weighted by atomic mass is 10.1. The molecule has 8 heteroatoms. The molecule has 0 spiro atoms. The first kappa shape index (κ1) is 16.9. The van der Waals surface area contributed by atoms with Crippen molar-refractivity contribution in [2.24, 2.45) is 0 Å². The highest BCUT2D eigenvalue weighted by Crippen LogP contribution is 2.23. The van der Waals surface area contributed by atoms with Gasteiger partial charge in [0.05, 0.1) is 6.54 Å². The third kappa shape index (κ3) is 3.91. The molecule has 0 radical (unpaired) electrons. The zero-order valence-corrected chi connectivity index (χ0v) is 14.1. The summed E-state index contributed by atoms with van der Waals surface area (Å²) in [5.74, 6) is -1.11. The molecule has 24 heavy (non-hydrogen) atoms. The van der Waals surface area contributed by atoms with Crippen molar-refractivity contribution in [1.29, 1.82) is 0 Å². The average Bonchev–Trinajstić information content (AvgIpc) is 3.20. The van der Waals surface area contributed by atoms with Gasteiger partial charge in [0.2, 0.25) is 0 Å².